The highest BCUT2D eigenvalue weighted by molar-refractivity contribution is 8.01. The maximum Gasteiger partial charge on any atom is 0.321 e. The van der Waals surface area contributed by atoms with Gasteiger partial charge in [-0.15, -0.1) is 10.2 Å². The summed E-state index contributed by atoms with van der Waals surface area (Å²) in [5.74, 6) is -0.201. The molecular formula is C12H21N5O2S2. The Hall–Kier alpha value is -1.35. The molecule has 0 fully saturated rings. The normalized spacial score (nSPS) is 10.2. The Kier molecular flexibility index (Phi) is 8.76. The second kappa shape index (κ2) is 10.4. The van der Waals surface area contributed by atoms with Crippen LogP contribution >= 0.6 is 23.1 Å². The molecule has 118 valence electrons. The Morgan fingerprint density at radius 3 is 2.71 bits per heavy atom. The lowest BCUT2D eigenvalue weighted by molar-refractivity contribution is -0.117. The van der Waals surface area contributed by atoms with E-state index in [1.54, 1.807) is 0 Å². The Morgan fingerprint density at radius 1 is 1.19 bits per heavy atom. The number of anilines is 1. The first-order valence-corrected chi connectivity index (χ1v) is 8.73. The molecule has 1 heterocycles. The van der Waals surface area contributed by atoms with Crippen molar-refractivity contribution in [2.24, 2.45) is 0 Å². The number of amides is 3. The number of rotatable bonds is 9. The van der Waals surface area contributed by atoms with Crippen molar-refractivity contribution in [2.75, 3.05) is 24.2 Å². The lowest BCUT2D eigenvalue weighted by Gasteiger charge is -2.04. The molecular weight excluding hydrogens is 310 g/mol. The average Bonchev–Trinajstić information content (AvgIpc) is 2.91. The van der Waals surface area contributed by atoms with Crippen molar-refractivity contribution in [1.82, 2.24) is 20.8 Å². The second-order valence-corrected chi connectivity index (χ2v) is 6.45. The van der Waals surface area contributed by atoms with Gasteiger partial charge in [-0.3, -0.25) is 10.1 Å². The first kappa shape index (κ1) is 17.7. The van der Waals surface area contributed by atoms with Gasteiger partial charge in [-0.1, -0.05) is 43.4 Å². The molecule has 1 rings (SSSR count). The van der Waals surface area contributed by atoms with Gasteiger partial charge in [-0.25, -0.2) is 4.79 Å². The lowest BCUT2D eigenvalue weighted by atomic mass is 10.3. The largest absolute Gasteiger partial charge is 0.360 e. The minimum Gasteiger partial charge on any atom is -0.360 e. The zero-order valence-electron chi connectivity index (χ0n) is 12.3. The monoisotopic (exact) mass is 331 g/mol. The van der Waals surface area contributed by atoms with Gasteiger partial charge in [-0.05, 0) is 12.8 Å². The Morgan fingerprint density at radius 2 is 2.00 bits per heavy atom. The van der Waals surface area contributed by atoms with Crippen LogP contribution in [0.2, 0.25) is 0 Å². The van der Waals surface area contributed by atoms with E-state index in [0.717, 1.165) is 30.9 Å². The zero-order valence-corrected chi connectivity index (χ0v) is 13.9. The van der Waals surface area contributed by atoms with Crippen molar-refractivity contribution in [3.05, 3.63) is 0 Å². The van der Waals surface area contributed by atoms with Crippen molar-refractivity contribution < 1.29 is 9.59 Å². The van der Waals surface area contributed by atoms with E-state index in [0.29, 0.717) is 10.9 Å². The van der Waals surface area contributed by atoms with Crippen LogP contribution in [0, 0.1) is 0 Å². The number of thioether (sulfide) groups is 1. The van der Waals surface area contributed by atoms with Crippen LogP contribution in [-0.2, 0) is 4.79 Å². The molecule has 0 saturated heterocycles. The fourth-order valence-corrected chi connectivity index (χ4v) is 2.86. The summed E-state index contributed by atoms with van der Waals surface area (Å²) in [5, 5.41) is 16.8. The van der Waals surface area contributed by atoms with Gasteiger partial charge < -0.3 is 10.6 Å². The molecule has 9 heteroatoms. The van der Waals surface area contributed by atoms with Gasteiger partial charge in [0.1, 0.15) is 0 Å². The molecule has 0 bridgehead atoms. The van der Waals surface area contributed by atoms with E-state index in [9.17, 15) is 9.59 Å². The second-order valence-electron chi connectivity index (χ2n) is 4.25. The minimum atomic E-state index is -0.457. The van der Waals surface area contributed by atoms with Crippen LogP contribution in [0.15, 0.2) is 4.34 Å². The molecule has 0 unspecified atom stereocenters. The molecule has 0 saturated carbocycles. The fraction of sp³-hybridized carbons (Fsp3) is 0.667. The molecule has 0 radical (unpaired) electrons. The molecule has 0 aliphatic carbocycles. The maximum absolute atomic E-state index is 11.6. The Labute approximate surface area is 132 Å². The minimum absolute atomic E-state index is 0.142. The number of hydrogen-bond donors (Lipinski definition) is 3. The molecule has 0 spiro atoms. The van der Waals surface area contributed by atoms with Crippen LogP contribution in [-0.4, -0.2) is 41.0 Å². The SMILES string of the molecule is CCCCNc1nnc(SCC(=O)NC(=O)NCCC)s1. The first-order chi connectivity index (χ1) is 10.2. The highest BCUT2D eigenvalue weighted by Gasteiger charge is 2.10. The summed E-state index contributed by atoms with van der Waals surface area (Å²) in [6, 6.07) is -0.457. The van der Waals surface area contributed by atoms with E-state index in [-0.39, 0.29) is 11.7 Å². The van der Waals surface area contributed by atoms with Gasteiger partial charge in [0.15, 0.2) is 4.34 Å². The van der Waals surface area contributed by atoms with E-state index >= 15 is 0 Å². The van der Waals surface area contributed by atoms with E-state index < -0.39 is 6.03 Å². The smallest absolute Gasteiger partial charge is 0.321 e. The molecule has 1 aromatic rings. The number of nitrogens with one attached hydrogen (secondary N) is 3. The van der Waals surface area contributed by atoms with Crippen molar-refractivity contribution in [3.8, 4) is 0 Å². The third kappa shape index (κ3) is 7.86. The number of nitrogens with zero attached hydrogens (tertiary/aromatic N) is 2. The van der Waals surface area contributed by atoms with Crippen molar-refractivity contribution in [3.63, 3.8) is 0 Å². The number of imide groups is 1. The van der Waals surface area contributed by atoms with Gasteiger partial charge in [0.2, 0.25) is 11.0 Å². The van der Waals surface area contributed by atoms with Crippen LogP contribution in [0.3, 0.4) is 0 Å². The van der Waals surface area contributed by atoms with Crippen molar-refractivity contribution in [1.29, 1.82) is 0 Å². The molecule has 0 aromatic carbocycles. The highest BCUT2D eigenvalue weighted by Crippen LogP contribution is 2.25. The topological polar surface area (TPSA) is 96.0 Å². The third-order valence-corrected chi connectivity index (χ3v) is 4.34. The summed E-state index contributed by atoms with van der Waals surface area (Å²) >= 11 is 2.67. The predicted octanol–water partition coefficient (Wildman–Crippen LogP) is 2.08. The molecule has 0 aliphatic rings. The summed E-state index contributed by atoms with van der Waals surface area (Å²) in [7, 11) is 0. The van der Waals surface area contributed by atoms with Crippen LogP contribution in [0.5, 0.6) is 0 Å². The van der Waals surface area contributed by atoms with E-state index in [1.165, 1.54) is 23.1 Å². The molecule has 3 N–H and O–H groups in total. The van der Waals surface area contributed by atoms with Crippen LogP contribution in [0.25, 0.3) is 0 Å². The predicted molar refractivity (Wildman–Crippen MR) is 85.9 cm³/mol. The standard InChI is InChI=1S/C12H21N5O2S2/c1-3-5-7-14-11-16-17-12(21-11)20-8-9(18)15-10(19)13-6-4-2/h3-8H2,1-2H3,(H,14,16)(H2,13,15,18,19). The highest BCUT2D eigenvalue weighted by atomic mass is 32.2. The number of urea groups is 1. The Bertz CT molecular complexity index is 453. The fourth-order valence-electron chi connectivity index (χ4n) is 1.28. The third-order valence-electron chi connectivity index (χ3n) is 2.33. The molecule has 0 atom stereocenters. The van der Waals surface area contributed by atoms with Crippen molar-refractivity contribution in [2.45, 2.75) is 37.4 Å². The molecule has 0 aliphatic heterocycles. The van der Waals surface area contributed by atoms with Gasteiger partial charge in [0.05, 0.1) is 5.75 Å². The van der Waals surface area contributed by atoms with E-state index in [1.807, 2.05) is 6.92 Å². The van der Waals surface area contributed by atoms with Gasteiger partial charge in [0.25, 0.3) is 0 Å². The van der Waals surface area contributed by atoms with Crippen LogP contribution in [0.4, 0.5) is 9.93 Å². The molecule has 7 nitrogen and oxygen atoms in total. The van der Waals surface area contributed by atoms with Crippen LogP contribution in [0.1, 0.15) is 33.1 Å². The summed E-state index contributed by atoms with van der Waals surface area (Å²) in [6.45, 7) is 5.49. The van der Waals surface area contributed by atoms with Gasteiger partial charge in [-0.2, -0.15) is 0 Å². The quantitative estimate of drug-likeness (QED) is 0.473. The number of hydrogen-bond acceptors (Lipinski definition) is 7. The average molecular weight is 331 g/mol. The van der Waals surface area contributed by atoms with Crippen molar-refractivity contribution >= 4 is 40.2 Å². The van der Waals surface area contributed by atoms with Gasteiger partial charge >= 0.3 is 6.03 Å². The summed E-state index contributed by atoms with van der Waals surface area (Å²) in [5.41, 5.74) is 0. The van der Waals surface area contributed by atoms with E-state index in [4.69, 9.17) is 0 Å². The van der Waals surface area contributed by atoms with Crippen LogP contribution < -0.4 is 16.0 Å². The Balaban J connectivity index is 2.25. The summed E-state index contributed by atoms with van der Waals surface area (Å²) in [4.78, 5) is 22.8. The van der Waals surface area contributed by atoms with E-state index in [2.05, 4.69) is 33.1 Å². The first-order valence-electron chi connectivity index (χ1n) is 6.93. The number of carbonyl (C=O) groups excluding carboxylic acids is 2. The lowest BCUT2D eigenvalue weighted by Crippen LogP contribution is -2.40. The van der Waals surface area contributed by atoms with Gasteiger partial charge in [0, 0.05) is 13.1 Å². The maximum atomic E-state index is 11.6. The summed E-state index contributed by atoms with van der Waals surface area (Å²) in [6.07, 6.45) is 3.03. The number of carbonyl (C=O) groups is 2. The summed E-state index contributed by atoms with van der Waals surface area (Å²) < 4.78 is 0.707. The molecule has 3 amide bonds. The molecule has 1 aromatic heterocycles. The molecule has 21 heavy (non-hydrogen) atoms. The number of unbranched alkanes of at least 4 members (excludes halogenated alkanes) is 1. The number of aromatic nitrogens is 2. The zero-order chi connectivity index (χ0) is 15.5.